The predicted octanol–water partition coefficient (Wildman–Crippen LogP) is 4.08. The Balaban J connectivity index is 1.47. The Hall–Kier alpha value is -2.04. The molecule has 2 saturated carbocycles. The summed E-state index contributed by atoms with van der Waals surface area (Å²) in [5.74, 6) is 2.23. The second-order valence-corrected chi connectivity index (χ2v) is 9.56. The lowest BCUT2D eigenvalue weighted by Gasteiger charge is -2.54. The van der Waals surface area contributed by atoms with E-state index >= 15 is 0 Å². The molecule has 0 bridgehead atoms. The molecule has 2 aromatic carbocycles. The number of hydrogen-bond acceptors (Lipinski definition) is 4. The van der Waals surface area contributed by atoms with Crippen LogP contribution in [0.25, 0.3) is 0 Å². The number of phenolic OH excluding ortho intramolecular Hbond substituents is 2. The topological polar surface area (TPSA) is 72.7 Å². The molecule has 0 aliphatic heterocycles. The number of aryl methyl sites for hydroxylation is 1. The average Bonchev–Trinajstić information content (AvgIpc) is 3.02. The number of aliphatic hydroxyl groups is 1. The van der Waals surface area contributed by atoms with Crippen molar-refractivity contribution in [3.05, 3.63) is 59.2 Å². The summed E-state index contributed by atoms with van der Waals surface area (Å²) in [6.45, 7) is 2.88. The number of aromatic hydroxyl groups is 2. The van der Waals surface area contributed by atoms with Crippen LogP contribution in [0.2, 0.25) is 0 Å². The van der Waals surface area contributed by atoms with E-state index in [0.29, 0.717) is 35.8 Å². The molecule has 3 aliphatic carbocycles. The molecule has 29 heavy (non-hydrogen) atoms. The molecule has 0 saturated heterocycles. The summed E-state index contributed by atoms with van der Waals surface area (Å²) in [6.07, 6.45) is 4.82. The first-order valence-corrected chi connectivity index (χ1v) is 11.0. The molecule has 6 atom stereocenters. The maximum atomic E-state index is 11.0. The van der Waals surface area contributed by atoms with Crippen LogP contribution in [0.15, 0.2) is 42.5 Å². The summed E-state index contributed by atoms with van der Waals surface area (Å²) in [6, 6.07) is 13.5. The van der Waals surface area contributed by atoms with E-state index in [4.69, 9.17) is 0 Å². The number of rotatable bonds is 3. The fraction of sp³-hybridized carbons (Fsp3) is 0.520. The van der Waals surface area contributed by atoms with Gasteiger partial charge in [0.25, 0.3) is 0 Å². The van der Waals surface area contributed by atoms with E-state index in [1.54, 1.807) is 6.07 Å². The summed E-state index contributed by atoms with van der Waals surface area (Å²) in [7, 11) is 0. The summed E-state index contributed by atoms with van der Waals surface area (Å²) < 4.78 is 0. The second-order valence-electron chi connectivity index (χ2n) is 9.56. The van der Waals surface area contributed by atoms with E-state index < -0.39 is 0 Å². The van der Waals surface area contributed by atoms with Crippen molar-refractivity contribution in [2.45, 2.75) is 63.6 Å². The van der Waals surface area contributed by atoms with Gasteiger partial charge in [-0.15, -0.1) is 0 Å². The molecule has 0 radical (unpaired) electrons. The van der Waals surface area contributed by atoms with Gasteiger partial charge in [0.15, 0.2) is 0 Å². The van der Waals surface area contributed by atoms with E-state index in [0.717, 1.165) is 37.7 Å². The Morgan fingerprint density at radius 2 is 1.90 bits per heavy atom. The van der Waals surface area contributed by atoms with Gasteiger partial charge in [0, 0.05) is 23.6 Å². The third-order valence-corrected chi connectivity index (χ3v) is 8.35. The molecule has 2 fully saturated rings. The van der Waals surface area contributed by atoms with E-state index in [-0.39, 0.29) is 17.6 Å². The van der Waals surface area contributed by atoms with E-state index in [9.17, 15) is 15.3 Å². The highest BCUT2D eigenvalue weighted by Crippen LogP contribution is 2.61. The number of phenols is 2. The van der Waals surface area contributed by atoms with Crippen LogP contribution in [0.4, 0.5) is 0 Å². The molecular formula is C25H31NO3. The Morgan fingerprint density at radius 3 is 2.72 bits per heavy atom. The highest BCUT2D eigenvalue weighted by atomic mass is 16.3. The molecule has 3 aliphatic rings. The maximum Gasteiger partial charge on any atom is 0.120 e. The molecular weight excluding hydrogens is 362 g/mol. The third-order valence-electron chi connectivity index (χ3n) is 8.35. The first-order chi connectivity index (χ1) is 14.0. The molecule has 4 nitrogen and oxygen atoms in total. The fourth-order valence-corrected chi connectivity index (χ4v) is 6.78. The van der Waals surface area contributed by atoms with Crippen molar-refractivity contribution in [2.24, 2.45) is 17.3 Å². The number of hydrogen-bond donors (Lipinski definition) is 4. The molecule has 4 heteroatoms. The van der Waals surface area contributed by atoms with Gasteiger partial charge in [0.2, 0.25) is 0 Å². The van der Waals surface area contributed by atoms with Gasteiger partial charge in [-0.3, -0.25) is 0 Å². The molecule has 2 aromatic rings. The summed E-state index contributed by atoms with van der Waals surface area (Å²) in [4.78, 5) is 0. The average molecular weight is 394 g/mol. The van der Waals surface area contributed by atoms with Gasteiger partial charge in [-0.1, -0.05) is 31.2 Å². The van der Waals surface area contributed by atoms with Gasteiger partial charge >= 0.3 is 0 Å². The molecule has 5 rings (SSSR count). The van der Waals surface area contributed by atoms with Gasteiger partial charge in [-0.2, -0.15) is 0 Å². The van der Waals surface area contributed by atoms with Crippen LogP contribution in [0.1, 0.15) is 55.2 Å². The van der Waals surface area contributed by atoms with Crippen LogP contribution < -0.4 is 5.32 Å². The second kappa shape index (κ2) is 7.03. The van der Waals surface area contributed by atoms with Gasteiger partial charge in [0.05, 0.1) is 6.10 Å². The highest BCUT2D eigenvalue weighted by molar-refractivity contribution is 5.40. The van der Waals surface area contributed by atoms with Crippen molar-refractivity contribution in [1.29, 1.82) is 0 Å². The molecule has 0 aromatic heterocycles. The smallest absolute Gasteiger partial charge is 0.120 e. The standard InChI is InChI=1S/C25H31NO3/c1-25-21(10-11-24(25)29)19-8-6-15-12-17(27)7-9-18(15)20(19)13-23(25)26-14-16-4-2-3-5-22(16)28/h2-5,7,9,12,19-21,23-24,26-29H,6,8,10-11,13-14H2,1H3/t19?,20?,21?,23-,24+,25-/m1/s1. The SMILES string of the molecule is C[C@]12C(CC[C@@H]1O)C1CCc3cc(O)ccc3C1C[C@H]2NCc1ccccc1O. The summed E-state index contributed by atoms with van der Waals surface area (Å²) in [5.41, 5.74) is 3.43. The van der Waals surface area contributed by atoms with Gasteiger partial charge in [0.1, 0.15) is 11.5 Å². The zero-order valence-corrected chi connectivity index (χ0v) is 17.0. The first kappa shape index (κ1) is 19.0. The Morgan fingerprint density at radius 1 is 1.07 bits per heavy atom. The van der Waals surface area contributed by atoms with E-state index in [1.807, 2.05) is 30.3 Å². The van der Waals surface area contributed by atoms with Crippen LogP contribution in [-0.4, -0.2) is 27.5 Å². The van der Waals surface area contributed by atoms with Crippen molar-refractivity contribution < 1.29 is 15.3 Å². The lowest BCUT2D eigenvalue weighted by molar-refractivity contribution is -0.0500. The number of aliphatic hydroxyl groups excluding tert-OH is 1. The third kappa shape index (κ3) is 2.96. The fourth-order valence-electron chi connectivity index (χ4n) is 6.78. The van der Waals surface area contributed by atoms with Crippen LogP contribution >= 0.6 is 0 Å². The Labute approximate surface area is 172 Å². The van der Waals surface area contributed by atoms with Crippen LogP contribution in [0.3, 0.4) is 0 Å². The molecule has 154 valence electrons. The zero-order chi connectivity index (χ0) is 20.2. The van der Waals surface area contributed by atoms with Crippen LogP contribution in [-0.2, 0) is 13.0 Å². The number of para-hydroxylation sites is 1. The lowest BCUT2D eigenvalue weighted by atomic mass is 9.53. The Bertz CT molecular complexity index is 913. The van der Waals surface area contributed by atoms with Crippen molar-refractivity contribution in [1.82, 2.24) is 5.32 Å². The van der Waals surface area contributed by atoms with Gasteiger partial charge < -0.3 is 20.6 Å². The maximum absolute atomic E-state index is 11.0. The van der Waals surface area contributed by atoms with E-state index in [1.165, 1.54) is 11.1 Å². The highest BCUT2D eigenvalue weighted by Gasteiger charge is 2.58. The van der Waals surface area contributed by atoms with Crippen molar-refractivity contribution in [3.8, 4) is 11.5 Å². The van der Waals surface area contributed by atoms with Crippen molar-refractivity contribution >= 4 is 0 Å². The molecule has 3 unspecified atom stereocenters. The minimum absolute atomic E-state index is 0.139. The Kier molecular flexibility index (Phi) is 4.60. The quantitative estimate of drug-likeness (QED) is 0.634. The number of fused-ring (bicyclic) bond motifs is 5. The summed E-state index contributed by atoms with van der Waals surface area (Å²) in [5, 5.41) is 34.8. The predicted molar refractivity (Wildman–Crippen MR) is 113 cm³/mol. The monoisotopic (exact) mass is 393 g/mol. The zero-order valence-electron chi connectivity index (χ0n) is 17.0. The van der Waals surface area contributed by atoms with Crippen LogP contribution in [0, 0.1) is 17.3 Å². The molecule has 0 amide bonds. The minimum Gasteiger partial charge on any atom is -0.508 e. The minimum atomic E-state index is -0.281. The van der Waals surface area contributed by atoms with Gasteiger partial charge in [-0.25, -0.2) is 0 Å². The number of nitrogens with one attached hydrogen (secondary N) is 1. The lowest BCUT2D eigenvalue weighted by Crippen LogP contribution is -2.57. The molecule has 0 spiro atoms. The molecule has 0 heterocycles. The van der Waals surface area contributed by atoms with Gasteiger partial charge in [-0.05, 0) is 79.2 Å². The number of benzene rings is 2. The largest absolute Gasteiger partial charge is 0.508 e. The van der Waals surface area contributed by atoms with E-state index in [2.05, 4.69) is 18.3 Å². The normalized spacial score (nSPS) is 35.6. The molecule has 4 N–H and O–H groups in total. The summed E-state index contributed by atoms with van der Waals surface area (Å²) >= 11 is 0. The first-order valence-electron chi connectivity index (χ1n) is 11.0. The van der Waals surface area contributed by atoms with Crippen molar-refractivity contribution in [3.63, 3.8) is 0 Å². The van der Waals surface area contributed by atoms with Crippen LogP contribution in [0.5, 0.6) is 11.5 Å². The van der Waals surface area contributed by atoms with Crippen molar-refractivity contribution in [2.75, 3.05) is 0 Å².